The zero-order valence-corrected chi connectivity index (χ0v) is 17.2. The predicted molar refractivity (Wildman–Crippen MR) is 109 cm³/mol. The van der Waals surface area contributed by atoms with Gasteiger partial charge >= 0.3 is 5.97 Å². The van der Waals surface area contributed by atoms with Gasteiger partial charge < -0.3 is 18.9 Å². The van der Waals surface area contributed by atoms with E-state index in [0.29, 0.717) is 30.5 Å². The Morgan fingerprint density at radius 2 is 1.52 bits per heavy atom. The van der Waals surface area contributed by atoms with Crippen LogP contribution in [-0.2, 0) is 9.53 Å². The lowest BCUT2D eigenvalue weighted by Crippen LogP contribution is -2.02. The van der Waals surface area contributed by atoms with Crippen LogP contribution in [0.5, 0.6) is 17.2 Å². The monoisotopic (exact) mass is 378 g/mol. The first-order valence-electron chi connectivity index (χ1n) is 9.89. The highest BCUT2D eigenvalue weighted by Gasteiger charge is 2.13. The molecule has 0 aliphatic rings. The van der Waals surface area contributed by atoms with E-state index in [1.54, 1.807) is 27.2 Å². The molecule has 5 nitrogen and oxygen atoms in total. The SMILES string of the molecule is CCCCCCCCCOc1c(OC)cc(C=CC(=O)OCC)cc1OC. The summed E-state index contributed by atoms with van der Waals surface area (Å²) in [6.07, 6.45) is 11.7. The molecule has 1 rings (SSSR count). The minimum absolute atomic E-state index is 0.348. The highest BCUT2D eigenvalue weighted by atomic mass is 16.5. The molecule has 0 bridgehead atoms. The Bertz CT molecular complexity index is 555. The molecule has 0 heterocycles. The number of methoxy groups -OCH3 is 2. The molecule has 0 spiro atoms. The smallest absolute Gasteiger partial charge is 0.330 e. The summed E-state index contributed by atoms with van der Waals surface area (Å²) >= 11 is 0. The summed E-state index contributed by atoms with van der Waals surface area (Å²) < 4.78 is 21.7. The number of hydrogen-bond donors (Lipinski definition) is 0. The fraction of sp³-hybridized carbons (Fsp3) is 0.591. The van der Waals surface area contributed by atoms with Crippen molar-refractivity contribution < 1.29 is 23.7 Å². The lowest BCUT2D eigenvalue weighted by molar-refractivity contribution is -0.137. The number of benzene rings is 1. The molecule has 0 unspecified atom stereocenters. The van der Waals surface area contributed by atoms with Crippen molar-refractivity contribution in [1.82, 2.24) is 0 Å². The second-order valence-electron chi connectivity index (χ2n) is 6.31. The van der Waals surface area contributed by atoms with Crippen molar-refractivity contribution >= 4 is 12.0 Å². The summed E-state index contributed by atoms with van der Waals surface area (Å²) in [5.74, 6) is 1.38. The highest BCUT2D eigenvalue weighted by molar-refractivity contribution is 5.87. The van der Waals surface area contributed by atoms with Crippen molar-refractivity contribution in [1.29, 1.82) is 0 Å². The lowest BCUT2D eigenvalue weighted by Gasteiger charge is -2.15. The van der Waals surface area contributed by atoms with Gasteiger partial charge in [-0.15, -0.1) is 0 Å². The lowest BCUT2D eigenvalue weighted by atomic mass is 10.1. The summed E-state index contributed by atoms with van der Waals surface area (Å²) in [6.45, 7) is 4.97. The van der Waals surface area contributed by atoms with E-state index in [2.05, 4.69) is 6.92 Å². The molecule has 0 atom stereocenters. The molecule has 0 saturated heterocycles. The summed E-state index contributed by atoms with van der Waals surface area (Å²) in [5, 5.41) is 0. The van der Waals surface area contributed by atoms with Crippen LogP contribution in [0.1, 0.15) is 64.4 Å². The van der Waals surface area contributed by atoms with Crippen LogP contribution in [-0.4, -0.2) is 33.4 Å². The van der Waals surface area contributed by atoms with Gasteiger partial charge in [-0.2, -0.15) is 0 Å². The van der Waals surface area contributed by atoms with Gasteiger partial charge in [0.25, 0.3) is 0 Å². The van der Waals surface area contributed by atoms with Gasteiger partial charge in [0.15, 0.2) is 11.5 Å². The molecule has 0 aliphatic carbocycles. The summed E-state index contributed by atoms with van der Waals surface area (Å²) in [6, 6.07) is 3.64. The molecule has 0 radical (unpaired) electrons. The Kier molecular flexibility index (Phi) is 11.8. The number of unbranched alkanes of at least 4 members (excludes halogenated alkanes) is 6. The van der Waals surface area contributed by atoms with Crippen LogP contribution in [0.25, 0.3) is 6.08 Å². The van der Waals surface area contributed by atoms with Crippen molar-refractivity contribution in [3.8, 4) is 17.2 Å². The van der Waals surface area contributed by atoms with Gasteiger partial charge in [-0.05, 0) is 37.1 Å². The average molecular weight is 379 g/mol. The van der Waals surface area contributed by atoms with Crippen LogP contribution in [0, 0.1) is 0 Å². The minimum Gasteiger partial charge on any atom is -0.493 e. The van der Waals surface area contributed by atoms with E-state index in [9.17, 15) is 4.79 Å². The Morgan fingerprint density at radius 1 is 0.926 bits per heavy atom. The van der Waals surface area contributed by atoms with Gasteiger partial charge in [0, 0.05) is 6.08 Å². The molecular formula is C22H34O5. The van der Waals surface area contributed by atoms with Crippen LogP contribution < -0.4 is 14.2 Å². The topological polar surface area (TPSA) is 54.0 Å². The number of ether oxygens (including phenoxy) is 4. The van der Waals surface area contributed by atoms with Gasteiger partial charge in [0.2, 0.25) is 5.75 Å². The second kappa shape index (κ2) is 14.0. The molecule has 27 heavy (non-hydrogen) atoms. The third kappa shape index (κ3) is 8.85. The Hall–Kier alpha value is -2.17. The molecule has 1 aromatic rings. The molecule has 0 saturated carbocycles. The minimum atomic E-state index is -0.380. The third-order valence-corrected chi connectivity index (χ3v) is 4.18. The zero-order chi connectivity index (χ0) is 19.9. The molecule has 0 aromatic heterocycles. The molecule has 0 aliphatic heterocycles. The van der Waals surface area contributed by atoms with Crippen molar-refractivity contribution in [2.45, 2.75) is 58.8 Å². The third-order valence-electron chi connectivity index (χ3n) is 4.18. The van der Waals surface area contributed by atoms with Crippen LogP contribution in [0.15, 0.2) is 18.2 Å². The predicted octanol–water partition coefficient (Wildman–Crippen LogP) is 5.41. The van der Waals surface area contributed by atoms with E-state index >= 15 is 0 Å². The quantitative estimate of drug-likeness (QED) is 0.246. The van der Waals surface area contributed by atoms with Gasteiger partial charge in [-0.3, -0.25) is 0 Å². The van der Waals surface area contributed by atoms with E-state index in [-0.39, 0.29) is 5.97 Å². The van der Waals surface area contributed by atoms with Crippen molar-refractivity contribution in [3.05, 3.63) is 23.8 Å². The molecule has 152 valence electrons. The molecule has 0 fully saturated rings. The largest absolute Gasteiger partial charge is 0.493 e. The summed E-state index contributed by atoms with van der Waals surface area (Å²) in [4.78, 5) is 11.5. The van der Waals surface area contributed by atoms with Crippen molar-refractivity contribution in [3.63, 3.8) is 0 Å². The molecule has 0 amide bonds. The molecule has 5 heteroatoms. The van der Waals surface area contributed by atoms with Gasteiger partial charge in [0.1, 0.15) is 0 Å². The van der Waals surface area contributed by atoms with Gasteiger partial charge in [-0.1, -0.05) is 45.4 Å². The number of rotatable bonds is 14. The van der Waals surface area contributed by atoms with Gasteiger partial charge in [0.05, 0.1) is 27.4 Å². The maximum absolute atomic E-state index is 11.5. The van der Waals surface area contributed by atoms with E-state index < -0.39 is 0 Å². The van der Waals surface area contributed by atoms with Crippen molar-refractivity contribution in [2.75, 3.05) is 27.4 Å². The normalized spacial score (nSPS) is 10.8. The van der Waals surface area contributed by atoms with Crippen LogP contribution in [0.4, 0.5) is 0 Å². The molecule has 0 N–H and O–H groups in total. The van der Waals surface area contributed by atoms with Gasteiger partial charge in [-0.25, -0.2) is 4.79 Å². The Morgan fingerprint density at radius 3 is 2.07 bits per heavy atom. The fourth-order valence-corrected chi connectivity index (χ4v) is 2.73. The maximum atomic E-state index is 11.5. The zero-order valence-electron chi connectivity index (χ0n) is 17.2. The average Bonchev–Trinajstić information content (AvgIpc) is 2.68. The van der Waals surface area contributed by atoms with Crippen LogP contribution in [0.2, 0.25) is 0 Å². The van der Waals surface area contributed by atoms with Crippen molar-refractivity contribution in [2.24, 2.45) is 0 Å². The first kappa shape index (κ1) is 22.9. The fourth-order valence-electron chi connectivity index (χ4n) is 2.73. The van der Waals surface area contributed by atoms with Crippen LogP contribution >= 0.6 is 0 Å². The first-order chi connectivity index (χ1) is 13.2. The summed E-state index contributed by atoms with van der Waals surface area (Å²) in [7, 11) is 3.18. The maximum Gasteiger partial charge on any atom is 0.330 e. The second-order valence-corrected chi connectivity index (χ2v) is 6.31. The summed E-state index contributed by atoms with van der Waals surface area (Å²) in [5.41, 5.74) is 0.778. The first-order valence-corrected chi connectivity index (χ1v) is 9.89. The van der Waals surface area contributed by atoms with E-state index in [0.717, 1.165) is 18.4 Å². The Labute approximate surface area is 163 Å². The van der Waals surface area contributed by atoms with E-state index in [1.165, 1.54) is 38.2 Å². The highest BCUT2D eigenvalue weighted by Crippen LogP contribution is 2.39. The Balaban J connectivity index is 2.64. The van der Waals surface area contributed by atoms with E-state index in [4.69, 9.17) is 18.9 Å². The molecular weight excluding hydrogens is 344 g/mol. The van der Waals surface area contributed by atoms with Crippen LogP contribution in [0.3, 0.4) is 0 Å². The number of hydrogen-bond acceptors (Lipinski definition) is 5. The standard InChI is InChI=1S/C22H34O5/c1-5-7-8-9-10-11-12-15-27-22-19(24-3)16-18(17-20(22)25-4)13-14-21(23)26-6-2/h13-14,16-17H,5-12,15H2,1-4H3. The molecule has 1 aromatic carbocycles. The number of esters is 1. The van der Waals surface area contributed by atoms with E-state index in [1.807, 2.05) is 12.1 Å². The number of carbonyl (C=O) groups excluding carboxylic acids is 1. The number of carbonyl (C=O) groups is 1.